The summed E-state index contributed by atoms with van der Waals surface area (Å²) in [4.78, 5) is 12.2. The maximum absolute atomic E-state index is 12.2. The quantitative estimate of drug-likeness (QED) is 0.452. The highest BCUT2D eigenvalue weighted by Gasteiger charge is 2.44. The van der Waals surface area contributed by atoms with Crippen LogP contribution in [0.2, 0.25) is 0 Å². The molecule has 0 heterocycles. The largest absolute Gasteiger partial charge is 0.449 e. The van der Waals surface area contributed by atoms with Crippen LogP contribution < -0.4 is 5.32 Å². The SMILES string of the molecule is N#CC1(c2ccc(C=CCCNC(=O)OCC3c4ccccc4-c4ccccc43)cc2)CC1. The molecule has 3 aromatic carbocycles. The van der Waals surface area contributed by atoms with Gasteiger partial charge in [-0.3, -0.25) is 0 Å². The van der Waals surface area contributed by atoms with Gasteiger partial charge in [0, 0.05) is 12.5 Å². The Bertz CT molecular complexity index is 1190. The van der Waals surface area contributed by atoms with E-state index >= 15 is 0 Å². The average Bonchev–Trinajstić information content (AvgIpc) is 3.60. The van der Waals surface area contributed by atoms with Gasteiger partial charge in [-0.2, -0.15) is 5.26 Å². The highest BCUT2D eigenvalue weighted by atomic mass is 16.5. The summed E-state index contributed by atoms with van der Waals surface area (Å²) >= 11 is 0. The zero-order valence-electron chi connectivity index (χ0n) is 18.5. The fraction of sp³-hybridized carbons (Fsp3) is 0.241. The third kappa shape index (κ3) is 4.27. The summed E-state index contributed by atoms with van der Waals surface area (Å²) in [7, 11) is 0. The standard InChI is InChI=1S/C29H26N2O2/c30-20-29(16-17-29)22-14-12-21(13-15-22)7-5-6-18-31-28(32)33-19-27-25-10-3-1-8-23(25)24-9-2-4-11-26(24)27/h1-5,7-15,27H,6,16-19H2,(H,31,32). The van der Waals surface area contributed by atoms with Crippen molar-refractivity contribution in [3.63, 3.8) is 0 Å². The van der Waals surface area contributed by atoms with E-state index in [-0.39, 0.29) is 17.4 Å². The molecule has 0 radical (unpaired) electrons. The molecule has 0 atom stereocenters. The molecule has 1 amide bonds. The first-order valence-corrected chi connectivity index (χ1v) is 11.5. The summed E-state index contributed by atoms with van der Waals surface area (Å²) in [5.74, 6) is 0.0711. The van der Waals surface area contributed by atoms with Gasteiger partial charge in [0.1, 0.15) is 6.61 Å². The highest BCUT2D eigenvalue weighted by molar-refractivity contribution is 5.79. The van der Waals surface area contributed by atoms with Gasteiger partial charge in [0.15, 0.2) is 0 Å². The third-order valence-corrected chi connectivity index (χ3v) is 6.66. The fourth-order valence-corrected chi connectivity index (χ4v) is 4.63. The Morgan fingerprint density at radius 1 is 1.00 bits per heavy atom. The van der Waals surface area contributed by atoms with Crippen molar-refractivity contribution in [1.29, 1.82) is 5.26 Å². The van der Waals surface area contributed by atoms with Gasteiger partial charge in [-0.25, -0.2) is 4.79 Å². The van der Waals surface area contributed by atoms with Crippen LogP contribution in [0.3, 0.4) is 0 Å². The Hall–Kier alpha value is -3.84. The van der Waals surface area contributed by atoms with Crippen molar-refractivity contribution in [2.75, 3.05) is 13.2 Å². The first-order valence-electron chi connectivity index (χ1n) is 11.5. The molecule has 2 aliphatic rings. The van der Waals surface area contributed by atoms with Gasteiger partial charge in [0.05, 0.1) is 11.5 Å². The van der Waals surface area contributed by atoms with Crippen LogP contribution in [0.1, 0.15) is 47.4 Å². The molecule has 3 aromatic rings. The molecule has 0 bridgehead atoms. The Labute approximate surface area is 194 Å². The number of alkyl carbamates (subject to hydrolysis) is 1. The highest BCUT2D eigenvalue weighted by Crippen LogP contribution is 2.47. The Balaban J connectivity index is 1.09. The number of hydrogen-bond acceptors (Lipinski definition) is 3. The van der Waals surface area contributed by atoms with Crippen LogP contribution in [0.15, 0.2) is 78.9 Å². The summed E-state index contributed by atoms with van der Waals surface area (Å²) in [6, 6.07) is 27.2. The fourth-order valence-electron chi connectivity index (χ4n) is 4.63. The van der Waals surface area contributed by atoms with E-state index in [1.807, 2.05) is 60.7 Å². The molecule has 0 aromatic heterocycles. The van der Waals surface area contributed by atoms with E-state index in [4.69, 9.17) is 4.74 Å². The summed E-state index contributed by atoms with van der Waals surface area (Å²) < 4.78 is 5.57. The molecule has 0 aliphatic heterocycles. The van der Waals surface area contributed by atoms with Crippen molar-refractivity contribution < 1.29 is 9.53 Å². The predicted octanol–water partition coefficient (Wildman–Crippen LogP) is 6.18. The van der Waals surface area contributed by atoms with Gasteiger partial charge in [0.2, 0.25) is 0 Å². The number of benzene rings is 3. The minimum atomic E-state index is -0.388. The summed E-state index contributed by atoms with van der Waals surface area (Å²) in [5.41, 5.74) is 6.83. The average molecular weight is 435 g/mol. The molecular weight excluding hydrogens is 408 g/mol. The molecule has 0 unspecified atom stereocenters. The molecule has 1 N–H and O–H groups in total. The van der Waals surface area contributed by atoms with E-state index in [0.717, 1.165) is 24.0 Å². The number of nitriles is 1. The molecule has 0 saturated heterocycles. The summed E-state index contributed by atoms with van der Waals surface area (Å²) in [6.07, 6.45) is 6.32. The maximum atomic E-state index is 12.2. The van der Waals surface area contributed by atoms with Gasteiger partial charge in [-0.1, -0.05) is 84.9 Å². The Morgan fingerprint density at radius 3 is 2.24 bits per heavy atom. The molecule has 5 rings (SSSR count). The van der Waals surface area contributed by atoms with Crippen molar-refractivity contribution in [2.24, 2.45) is 0 Å². The molecule has 0 spiro atoms. The Morgan fingerprint density at radius 2 is 1.64 bits per heavy atom. The second-order valence-corrected chi connectivity index (χ2v) is 8.76. The summed E-state index contributed by atoms with van der Waals surface area (Å²) in [5, 5.41) is 12.1. The van der Waals surface area contributed by atoms with Crippen molar-refractivity contribution in [3.05, 3.63) is 101 Å². The van der Waals surface area contributed by atoms with Crippen LogP contribution >= 0.6 is 0 Å². The number of rotatable bonds is 7. The Kier molecular flexibility index (Phi) is 5.71. The maximum Gasteiger partial charge on any atom is 0.407 e. The van der Waals surface area contributed by atoms with E-state index in [2.05, 4.69) is 35.7 Å². The number of ether oxygens (including phenoxy) is 1. The number of hydrogen-bond donors (Lipinski definition) is 1. The van der Waals surface area contributed by atoms with Crippen molar-refractivity contribution in [3.8, 4) is 17.2 Å². The topological polar surface area (TPSA) is 62.1 Å². The molecule has 4 nitrogen and oxygen atoms in total. The third-order valence-electron chi connectivity index (χ3n) is 6.66. The zero-order valence-corrected chi connectivity index (χ0v) is 18.5. The molecule has 1 saturated carbocycles. The number of nitrogens with zero attached hydrogens (tertiary/aromatic N) is 1. The molecule has 4 heteroatoms. The normalized spacial score (nSPS) is 15.5. The predicted molar refractivity (Wildman–Crippen MR) is 130 cm³/mol. The first kappa shape index (κ1) is 21.0. The second-order valence-electron chi connectivity index (χ2n) is 8.76. The van der Waals surface area contributed by atoms with Crippen LogP contribution in [0.4, 0.5) is 4.79 Å². The van der Waals surface area contributed by atoms with E-state index in [9.17, 15) is 10.1 Å². The van der Waals surface area contributed by atoms with Gasteiger partial charge in [0.25, 0.3) is 0 Å². The number of carbonyl (C=O) groups excluding carboxylic acids is 1. The lowest BCUT2D eigenvalue weighted by molar-refractivity contribution is 0.143. The van der Waals surface area contributed by atoms with Crippen LogP contribution in [0, 0.1) is 11.3 Å². The molecule has 164 valence electrons. The first-order chi connectivity index (χ1) is 16.2. The van der Waals surface area contributed by atoms with Gasteiger partial charge in [-0.05, 0) is 52.6 Å². The summed E-state index contributed by atoms with van der Waals surface area (Å²) in [6.45, 7) is 0.842. The van der Waals surface area contributed by atoms with Crippen LogP contribution in [-0.4, -0.2) is 19.2 Å². The van der Waals surface area contributed by atoms with Gasteiger partial charge < -0.3 is 10.1 Å². The second kappa shape index (κ2) is 8.96. The number of fused-ring (bicyclic) bond motifs is 3. The smallest absolute Gasteiger partial charge is 0.407 e. The van der Waals surface area contributed by atoms with Gasteiger partial charge in [-0.15, -0.1) is 0 Å². The lowest BCUT2D eigenvalue weighted by atomic mass is 9.96. The van der Waals surface area contributed by atoms with E-state index < -0.39 is 0 Å². The minimum absolute atomic E-state index is 0.0711. The van der Waals surface area contributed by atoms with E-state index in [1.54, 1.807) is 0 Å². The van der Waals surface area contributed by atoms with E-state index in [0.29, 0.717) is 19.6 Å². The van der Waals surface area contributed by atoms with E-state index in [1.165, 1.54) is 22.3 Å². The lowest BCUT2D eigenvalue weighted by Crippen LogP contribution is -2.26. The van der Waals surface area contributed by atoms with Crippen LogP contribution in [0.5, 0.6) is 0 Å². The monoisotopic (exact) mass is 434 g/mol. The molecule has 33 heavy (non-hydrogen) atoms. The lowest BCUT2D eigenvalue weighted by Gasteiger charge is -2.14. The minimum Gasteiger partial charge on any atom is -0.449 e. The van der Waals surface area contributed by atoms with Crippen molar-refractivity contribution >= 4 is 12.2 Å². The molecule has 2 aliphatic carbocycles. The van der Waals surface area contributed by atoms with Crippen LogP contribution in [-0.2, 0) is 10.2 Å². The van der Waals surface area contributed by atoms with Gasteiger partial charge >= 0.3 is 6.09 Å². The molecule has 1 fully saturated rings. The van der Waals surface area contributed by atoms with Crippen molar-refractivity contribution in [1.82, 2.24) is 5.32 Å². The number of amides is 1. The number of carbonyl (C=O) groups is 1. The van der Waals surface area contributed by atoms with Crippen molar-refractivity contribution in [2.45, 2.75) is 30.6 Å². The molecular formula is C29H26N2O2. The zero-order chi connectivity index (χ0) is 22.7. The van der Waals surface area contributed by atoms with Crippen LogP contribution in [0.25, 0.3) is 17.2 Å². The number of nitrogens with one attached hydrogen (secondary N) is 1.